The van der Waals surface area contributed by atoms with Gasteiger partial charge in [0.1, 0.15) is 0 Å². The highest BCUT2D eigenvalue weighted by Crippen LogP contribution is 2.01. The zero-order valence-corrected chi connectivity index (χ0v) is 8.86. The third-order valence-electron chi connectivity index (χ3n) is 2.34. The van der Waals surface area contributed by atoms with Crippen LogP contribution in [0.15, 0.2) is 30.3 Å². The fourth-order valence-corrected chi connectivity index (χ4v) is 1.45. The van der Waals surface area contributed by atoms with E-state index in [1.54, 1.807) is 6.92 Å². The van der Waals surface area contributed by atoms with Gasteiger partial charge in [-0.25, -0.2) is 0 Å². The number of nitrogens with zero attached hydrogens (tertiary/aromatic N) is 1. The number of benzene rings is 1. The second kappa shape index (κ2) is 5.43. The largest absolute Gasteiger partial charge is 0.343 e. The molecule has 0 fully saturated rings. The molecule has 0 spiro atoms. The zero-order valence-electron chi connectivity index (χ0n) is 8.86. The summed E-state index contributed by atoms with van der Waals surface area (Å²) in [5, 5.41) is 0. The molecule has 0 saturated carbocycles. The van der Waals surface area contributed by atoms with Gasteiger partial charge in [-0.3, -0.25) is 4.79 Å². The molecule has 0 aliphatic carbocycles. The highest BCUT2D eigenvalue weighted by molar-refractivity contribution is 5.73. The molecule has 0 radical (unpaired) electrons. The lowest BCUT2D eigenvalue weighted by molar-refractivity contribution is -0.128. The van der Waals surface area contributed by atoms with Crippen molar-refractivity contribution in [3.8, 4) is 0 Å². The van der Waals surface area contributed by atoms with Crippen molar-refractivity contribution in [2.24, 2.45) is 0 Å². The van der Waals surface area contributed by atoms with E-state index in [0.29, 0.717) is 0 Å². The van der Waals surface area contributed by atoms with Gasteiger partial charge in [0.15, 0.2) is 0 Å². The molecule has 0 heterocycles. The molecule has 0 aliphatic heterocycles. The minimum atomic E-state index is 0.156. The van der Waals surface area contributed by atoms with Crippen LogP contribution in [0, 0.1) is 0 Å². The summed E-state index contributed by atoms with van der Waals surface area (Å²) < 4.78 is 0. The second-order valence-corrected chi connectivity index (χ2v) is 3.33. The van der Waals surface area contributed by atoms with E-state index in [1.165, 1.54) is 5.56 Å². The number of hydrogen-bond acceptors (Lipinski definition) is 1. The molecule has 0 aromatic heterocycles. The fourth-order valence-electron chi connectivity index (χ4n) is 1.45. The van der Waals surface area contributed by atoms with Gasteiger partial charge in [-0.15, -0.1) is 0 Å². The molecule has 14 heavy (non-hydrogen) atoms. The van der Waals surface area contributed by atoms with Gasteiger partial charge >= 0.3 is 0 Å². The second-order valence-electron chi connectivity index (χ2n) is 3.33. The van der Waals surface area contributed by atoms with Crippen LogP contribution >= 0.6 is 0 Å². The minimum absolute atomic E-state index is 0.156. The van der Waals surface area contributed by atoms with Gasteiger partial charge in [0.05, 0.1) is 0 Å². The van der Waals surface area contributed by atoms with Crippen molar-refractivity contribution in [2.75, 3.05) is 13.1 Å². The molecule has 1 aromatic rings. The molecular formula is C12H17NO. The minimum Gasteiger partial charge on any atom is -0.343 e. The maximum absolute atomic E-state index is 11.1. The lowest BCUT2D eigenvalue weighted by Crippen LogP contribution is -2.30. The Morgan fingerprint density at radius 1 is 1.29 bits per heavy atom. The first-order valence-corrected chi connectivity index (χ1v) is 5.03. The Balaban J connectivity index is 2.44. The summed E-state index contributed by atoms with van der Waals surface area (Å²) in [6.07, 6.45) is 0.939. The molecule has 0 N–H and O–H groups in total. The first kappa shape index (κ1) is 10.8. The Bertz CT molecular complexity index is 282. The van der Waals surface area contributed by atoms with Crippen molar-refractivity contribution >= 4 is 5.91 Å². The van der Waals surface area contributed by atoms with Crippen LogP contribution in [0.5, 0.6) is 0 Å². The molecule has 2 nitrogen and oxygen atoms in total. The van der Waals surface area contributed by atoms with Crippen LogP contribution in [0.1, 0.15) is 19.4 Å². The first-order valence-electron chi connectivity index (χ1n) is 5.03. The molecule has 76 valence electrons. The van der Waals surface area contributed by atoms with Crippen LogP contribution in [0.3, 0.4) is 0 Å². The highest BCUT2D eigenvalue weighted by atomic mass is 16.2. The van der Waals surface area contributed by atoms with Crippen LogP contribution in [0.4, 0.5) is 0 Å². The van der Waals surface area contributed by atoms with Gasteiger partial charge in [-0.2, -0.15) is 0 Å². The highest BCUT2D eigenvalue weighted by Gasteiger charge is 2.04. The zero-order chi connectivity index (χ0) is 10.4. The van der Waals surface area contributed by atoms with Gasteiger partial charge in [0.2, 0.25) is 5.91 Å². The number of hydrogen-bond donors (Lipinski definition) is 0. The van der Waals surface area contributed by atoms with E-state index in [-0.39, 0.29) is 5.91 Å². The molecule has 2 heteroatoms. The Hall–Kier alpha value is -1.31. The molecule has 1 amide bonds. The number of rotatable bonds is 4. The summed E-state index contributed by atoms with van der Waals surface area (Å²) in [6.45, 7) is 5.24. The van der Waals surface area contributed by atoms with E-state index < -0.39 is 0 Å². The topological polar surface area (TPSA) is 20.3 Å². The van der Waals surface area contributed by atoms with E-state index in [1.807, 2.05) is 30.0 Å². The van der Waals surface area contributed by atoms with E-state index in [0.717, 1.165) is 19.5 Å². The lowest BCUT2D eigenvalue weighted by Gasteiger charge is -2.18. The molecule has 0 saturated heterocycles. The van der Waals surface area contributed by atoms with Crippen molar-refractivity contribution < 1.29 is 4.79 Å². The maximum Gasteiger partial charge on any atom is 0.219 e. The third-order valence-corrected chi connectivity index (χ3v) is 2.34. The molecule has 0 unspecified atom stereocenters. The molecule has 1 aromatic carbocycles. The maximum atomic E-state index is 11.1. The van der Waals surface area contributed by atoms with Crippen LogP contribution in [-0.4, -0.2) is 23.9 Å². The monoisotopic (exact) mass is 191 g/mol. The van der Waals surface area contributed by atoms with Crippen LogP contribution < -0.4 is 0 Å². The van der Waals surface area contributed by atoms with E-state index in [9.17, 15) is 4.79 Å². The van der Waals surface area contributed by atoms with Crippen molar-refractivity contribution in [1.29, 1.82) is 0 Å². The average molecular weight is 191 g/mol. The molecule has 0 atom stereocenters. The average Bonchev–Trinajstić information content (AvgIpc) is 2.20. The van der Waals surface area contributed by atoms with Crippen LogP contribution in [0.25, 0.3) is 0 Å². The SMILES string of the molecule is CCN(CCc1ccccc1)C(C)=O. The quantitative estimate of drug-likeness (QED) is 0.713. The Kier molecular flexibility index (Phi) is 4.17. The van der Waals surface area contributed by atoms with Gasteiger partial charge in [-0.1, -0.05) is 30.3 Å². The number of likely N-dealkylation sites (N-methyl/N-ethyl adjacent to an activating group) is 1. The summed E-state index contributed by atoms with van der Waals surface area (Å²) >= 11 is 0. The number of carbonyl (C=O) groups excluding carboxylic acids is 1. The van der Waals surface area contributed by atoms with Gasteiger partial charge in [-0.05, 0) is 18.9 Å². The lowest BCUT2D eigenvalue weighted by atomic mass is 10.1. The van der Waals surface area contributed by atoms with Gasteiger partial charge in [0.25, 0.3) is 0 Å². The fraction of sp³-hybridized carbons (Fsp3) is 0.417. The Labute approximate surface area is 85.5 Å². The smallest absolute Gasteiger partial charge is 0.219 e. The summed E-state index contributed by atoms with van der Waals surface area (Å²) in [7, 11) is 0. The van der Waals surface area contributed by atoms with Crippen molar-refractivity contribution in [1.82, 2.24) is 4.90 Å². The van der Waals surface area contributed by atoms with Crippen molar-refractivity contribution in [2.45, 2.75) is 20.3 Å². The standard InChI is InChI=1S/C12H17NO/c1-3-13(11(2)14)10-9-12-7-5-4-6-8-12/h4-8H,3,9-10H2,1-2H3. The molecule has 0 aliphatic rings. The normalized spacial score (nSPS) is 9.86. The van der Waals surface area contributed by atoms with Crippen molar-refractivity contribution in [3.05, 3.63) is 35.9 Å². The predicted molar refractivity (Wildman–Crippen MR) is 58.1 cm³/mol. The summed E-state index contributed by atoms with van der Waals surface area (Å²) in [5.74, 6) is 0.156. The first-order chi connectivity index (χ1) is 6.74. The molecular weight excluding hydrogens is 174 g/mol. The summed E-state index contributed by atoms with van der Waals surface area (Å²) in [6, 6.07) is 10.2. The summed E-state index contributed by atoms with van der Waals surface area (Å²) in [4.78, 5) is 13.0. The van der Waals surface area contributed by atoms with Crippen LogP contribution in [0.2, 0.25) is 0 Å². The van der Waals surface area contributed by atoms with Gasteiger partial charge < -0.3 is 4.90 Å². The van der Waals surface area contributed by atoms with E-state index >= 15 is 0 Å². The van der Waals surface area contributed by atoms with E-state index in [2.05, 4.69) is 12.1 Å². The van der Waals surface area contributed by atoms with E-state index in [4.69, 9.17) is 0 Å². The predicted octanol–water partition coefficient (Wildman–Crippen LogP) is 2.10. The Morgan fingerprint density at radius 3 is 2.43 bits per heavy atom. The molecule has 1 rings (SSSR count). The van der Waals surface area contributed by atoms with Gasteiger partial charge in [0, 0.05) is 20.0 Å². The molecule has 0 bridgehead atoms. The number of carbonyl (C=O) groups is 1. The number of amides is 1. The summed E-state index contributed by atoms with van der Waals surface area (Å²) in [5.41, 5.74) is 1.28. The third kappa shape index (κ3) is 3.21. The van der Waals surface area contributed by atoms with Crippen LogP contribution in [-0.2, 0) is 11.2 Å². The Morgan fingerprint density at radius 2 is 1.93 bits per heavy atom. The van der Waals surface area contributed by atoms with Crippen molar-refractivity contribution in [3.63, 3.8) is 0 Å².